The van der Waals surface area contributed by atoms with Crippen molar-refractivity contribution in [3.63, 3.8) is 0 Å². The fraction of sp³-hybridized carbons (Fsp3) is 0.450. The van der Waals surface area contributed by atoms with Gasteiger partial charge in [-0.2, -0.15) is 0 Å². The van der Waals surface area contributed by atoms with Crippen molar-refractivity contribution in [2.24, 2.45) is 11.5 Å². The van der Waals surface area contributed by atoms with E-state index >= 15 is 0 Å². The number of nitrogens with two attached hydrogens (primary N) is 2. The van der Waals surface area contributed by atoms with Crippen LogP contribution in [0.3, 0.4) is 0 Å². The van der Waals surface area contributed by atoms with Crippen molar-refractivity contribution < 1.29 is 39.3 Å². The number of carbonyl (C=O) groups is 5. The van der Waals surface area contributed by atoms with E-state index in [1.54, 1.807) is 0 Å². The third kappa shape index (κ3) is 9.53. The molecule has 182 valence electrons. The normalized spacial score (nSPS) is 14.3. The maximum Gasteiger partial charge on any atom is 0.326 e. The minimum Gasteiger partial charge on any atom is -0.508 e. The number of benzene rings is 1. The maximum atomic E-state index is 12.4. The molecule has 0 aliphatic rings. The molecule has 0 saturated carbocycles. The maximum absolute atomic E-state index is 12.4. The van der Waals surface area contributed by atoms with Crippen LogP contribution in [-0.4, -0.2) is 75.7 Å². The number of rotatable bonds is 13. The first-order chi connectivity index (χ1) is 15.4. The Morgan fingerprint density at radius 3 is 2.03 bits per heavy atom. The number of aliphatic carboxylic acids is 1. The molecule has 0 fully saturated rings. The van der Waals surface area contributed by atoms with Crippen molar-refractivity contribution in [1.29, 1.82) is 0 Å². The summed E-state index contributed by atoms with van der Waals surface area (Å²) in [7, 11) is 0. The summed E-state index contributed by atoms with van der Waals surface area (Å²) in [6, 6.07) is 0.621. The smallest absolute Gasteiger partial charge is 0.326 e. The number of aliphatic hydroxyl groups excluding tert-OH is 1. The van der Waals surface area contributed by atoms with Gasteiger partial charge in [-0.05, 0) is 31.0 Å². The minimum atomic E-state index is -1.48. The molecule has 0 aromatic heterocycles. The number of hydrogen-bond donors (Lipinski definition) is 8. The molecule has 13 nitrogen and oxygen atoms in total. The van der Waals surface area contributed by atoms with Crippen molar-refractivity contribution in [2.75, 3.05) is 6.61 Å². The predicted octanol–water partition coefficient (Wildman–Crippen LogP) is -2.92. The highest BCUT2D eigenvalue weighted by molar-refractivity contribution is 5.94. The summed E-state index contributed by atoms with van der Waals surface area (Å²) in [5.41, 5.74) is 11.1. The lowest BCUT2D eigenvalue weighted by atomic mass is 10.1. The Morgan fingerprint density at radius 1 is 0.939 bits per heavy atom. The highest BCUT2D eigenvalue weighted by Gasteiger charge is 2.28. The largest absolute Gasteiger partial charge is 0.508 e. The molecule has 1 aromatic rings. The van der Waals surface area contributed by atoms with E-state index in [-0.39, 0.29) is 25.0 Å². The van der Waals surface area contributed by atoms with Gasteiger partial charge in [-0.1, -0.05) is 12.1 Å². The van der Waals surface area contributed by atoms with Crippen molar-refractivity contribution in [3.05, 3.63) is 29.8 Å². The first-order valence-electron chi connectivity index (χ1n) is 10.0. The lowest BCUT2D eigenvalue weighted by Crippen LogP contribution is -2.57. The first-order valence-corrected chi connectivity index (χ1v) is 10.0. The average Bonchev–Trinajstić information content (AvgIpc) is 2.75. The van der Waals surface area contributed by atoms with Crippen LogP contribution in [0.25, 0.3) is 0 Å². The van der Waals surface area contributed by atoms with Gasteiger partial charge in [0.1, 0.15) is 23.9 Å². The third-order valence-corrected chi connectivity index (χ3v) is 4.60. The summed E-state index contributed by atoms with van der Waals surface area (Å²) < 4.78 is 0. The molecule has 1 aromatic carbocycles. The Balaban J connectivity index is 2.68. The fourth-order valence-electron chi connectivity index (χ4n) is 2.65. The second kappa shape index (κ2) is 13.0. The molecule has 0 saturated heterocycles. The van der Waals surface area contributed by atoms with Gasteiger partial charge in [0.25, 0.3) is 0 Å². The lowest BCUT2D eigenvalue weighted by Gasteiger charge is -2.22. The second-order valence-corrected chi connectivity index (χ2v) is 7.36. The van der Waals surface area contributed by atoms with E-state index in [9.17, 15) is 39.3 Å². The van der Waals surface area contributed by atoms with E-state index in [4.69, 9.17) is 11.5 Å². The number of amides is 4. The number of carboxylic acids is 1. The summed E-state index contributed by atoms with van der Waals surface area (Å²) in [5, 5.41) is 35.0. The Kier molecular flexibility index (Phi) is 10.7. The Hall–Kier alpha value is -3.71. The van der Waals surface area contributed by atoms with E-state index in [2.05, 4.69) is 16.0 Å². The number of nitrogens with one attached hydrogen (secondary N) is 3. The summed E-state index contributed by atoms with van der Waals surface area (Å²) in [6.45, 7) is 0.479. The van der Waals surface area contributed by atoms with Crippen molar-refractivity contribution in [1.82, 2.24) is 16.0 Å². The zero-order valence-corrected chi connectivity index (χ0v) is 18.0. The molecule has 4 unspecified atom stereocenters. The SMILES string of the molecule is CC(NC(=O)C(N)CCC(N)=O)C(=O)NC(CO)C(=O)NC(Cc1ccc(O)cc1)C(=O)O. The van der Waals surface area contributed by atoms with Gasteiger partial charge >= 0.3 is 5.97 Å². The molecule has 0 heterocycles. The predicted molar refractivity (Wildman–Crippen MR) is 114 cm³/mol. The van der Waals surface area contributed by atoms with E-state index in [1.165, 1.54) is 31.2 Å². The molecule has 0 aliphatic heterocycles. The second-order valence-electron chi connectivity index (χ2n) is 7.36. The number of carboxylic acid groups (broad SMARTS) is 1. The van der Waals surface area contributed by atoms with Crippen LogP contribution in [0.2, 0.25) is 0 Å². The molecule has 0 radical (unpaired) electrons. The van der Waals surface area contributed by atoms with Gasteiger partial charge in [0.15, 0.2) is 0 Å². The highest BCUT2D eigenvalue weighted by Crippen LogP contribution is 2.11. The number of aromatic hydroxyl groups is 1. The molecule has 0 aliphatic carbocycles. The number of hydrogen-bond acceptors (Lipinski definition) is 8. The monoisotopic (exact) mass is 467 g/mol. The molecule has 10 N–H and O–H groups in total. The Morgan fingerprint density at radius 2 is 1.52 bits per heavy atom. The van der Waals surface area contributed by atoms with Crippen LogP contribution >= 0.6 is 0 Å². The molecule has 0 spiro atoms. The number of phenolic OH excluding ortho intramolecular Hbond substituents is 1. The molecule has 13 heteroatoms. The Bertz CT molecular complexity index is 861. The standard InChI is InChI=1S/C20H29N5O8/c1-10(23-18(30)13(21)6-7-16(22)28)17(29)25-15(9-26)19(31)24-14(20(32)33)8-11-2-4-12(27)5-3-11/h2-5,10,13-15,26-27H,6-9,21H2,1H3,(H2,22,28)(H,23,30)(H,24,31)(H,25,29)(H,32,33). The molecule has 4 amide bonds. The molecule has 4 atom stereocenters. The van der Waals surface area contributed by atoms with Crippen LogP contribution in [0.1, 0.15) is 25.3 Å². The van der Waals surface area contributed by atoms with Crippen LogP contribution in [0.5, 0.6) is 5.75 Å². The van der Waals surface area contributed by atoms with Crippen molar-refractivity contribution in [3.8, 4) is 5.75 Å². The lowest BCUT2D eigenvalue weighted by molar-refractivity contribution is -0.142. The van der Waals surface area contributed by atoms with E-state index in [1.807, 2.05) is 0 Å². The Labute approximate surface area is 189 Å². The molecule has 1 rings (SSSR count). The molecular formula is C20H29N5O8. The first kappa shape index (κ1) is 27.3. The van der Waals surface area contributed by atoms with E-state index < -0.39 is 60.4 Å². The fourth-order valence-corrected chi connectivity index (χ4v) is 2.65. The topological polar surface area (TPSA) is 234 Å². The van der Waals surface area contributed by atoms with Gasteiger partial charge in [0, 0.05) is 12.8 Å². The summed E-state index contributed by atoms with van der Waals surface area (Å²) >= 11 is 0. The van der Waals surface area contributed by atoms with Gasteiger partial charge < -0.3 is 42.7 Å². The van der Waals surface area contributed by atoms with Crippen molar-refractivity contribution in [2.45, 2.75) is 50.4 Å². The van der Waals surface area contributed by atoms with Crippen molar-refractivity contribution >= 4 is 29.6 Å². The number of primary amides is 1. The van der Waals surface area contributed by atoms with Crippen LogP contribution < -0.4 is 27.4 Å². The molecule has 0 bridgehead atoms. The van der Waals surface area contributed by atoms with Crippen LogP contribution in [0.4, 0.5) is 0 Å². The molecule has 33 heavy (non-hydrogen) atoms. The van der Waals surface area contributed by atoms with Crippen LogP contribution in [0, 0.1) is 0 Å². The van der Waals surface area contributed by atoms with Gasteiger partial charge in [-0.25, -0.2) is 4.79 Å². The summed E-state index contributed by atoms with van der Waals surface area (Å²) in [5.74, 6) is -4.48. The van der Waals surface area contributed by atoms with E-state index in [0.29, 0.717) is 5.56 Å². The van der Waals surface area contributed by atoms with Crippen LogP contribution in [0.15, 0.2) is 24.3 Å². The summed E-state index contributed by atoms with van der Waals surface area (Å²) in [4.78, 5) is 59.0. The number of phenols is 1. The summed E-state index contributed by atoms with van der Waals surface area (Å²) in [6.07, 6.45) is -0.241. The zero-order valence-electron chi connectivity index (χ0n) is 18.0. The van der Waals surface area contributed by atoms with E-state index in [0.717, 1.165) is 0 Å². The third-order valence-electron chi connectivity index (χ3n) is 4.60. The highest BCUT2D eigenvalue weighted by atomic mass is 16.4. The zero-order chi connectivity index (χ0) is 25.1. The minimum absolute atomic E-state index is 0.00671. The average molecular weight is 467 g/mol. The number of carbonyl (C=O) groups excluding carboxylic acids is 4. The van der Waals surface area contributed by atoms with Gasteiger partial charge in [0.05, 0.1) is 12.6 Å². The molecular weight excluding hydrogens is 438 g/mol. The van der Waals surface area contributed by atoms with Gasteiger partial charge in [0.2, 0.25) is 23.6 Å². The number of aliphatic hydroxyl groups is 1. The van der Waals surface area contributed by atoms with Gasteiger partial charge in [-0.3, -0.25) is 19.2 Å². The van der Waals surface area contributed by atoms with Gasteiger partial charge in [-0.15, -0.1) is 0 Å². The quantitative estimate of drug-likeness (QED) is 0.148. The van der Waals surface area contributed by atoms with Crippen LogP contribution in [-0.2, 0) is 30.4 Å².